The molecule has 3 N–H and O–H groups in total. The average molecular weight is 721 g/mol. The van der Waals surface area contributed by atoms with Gasteiger partial charge >= 0.3 is 6.09 Å². The van der Waals surface area contributed by atoms with Crippen molar-refractivity contribution in [3.05, 3.63) is 53.6 Å². The second kappa shape index (κ2) is 14.0. The number of rotatable bonds is 13. The third kappa shape index (κ3) is 7.86. The summed E-state index contributed by atoms with van der Waals surface area (Å²) in [5.41, 5.74) is 0.856. The molecule has 8 rings (SSSR count). The molecule has 3 aliphatic heterocycles. The Bertz CT molecular complexity index is 1750. The largest absolute Gasteiger partial charge is 0.443 e. The fourth-order valence-electron chi connectivity index (χ4n) is 7.12. The number of nitrogens with one attached hydrogen (secondary N) is 2. The van der Waals surface area contributed by atoms with Crippen LogP contribution in [0.3, 0.4) is 0 Å². The normalized spacial score (nSPS) is 26.2. The fraction of sp³-hybridized carbons (Fsp3) is 0.588. The highest BCUT2D eigenvalue weighted by molar-refractivity contribution is 7.89. The van der Waals surface area contributed by atoms with Gasteiger partial charge in [-0.05, 0) is 80.3 Å². The SMILES string of the molecule is CC(C)CN(C[C@@H](O)[C@H](Cc1cc(F)cc(F)c1)NC(=O)OC1C2CCC3CC1OC3OC2)S(=O)(=O)c1ccc2nc(NC3CC3)sc2c1. The standard InChI is InChI=1S/C34H42F2N4O7S2/c1-18(2)15-40(49(43,44)25-7-8-26-30(14-25)48-33(38-26)37-24-5-6-24)16-28(41)27(11-19-9-22(35)13-23(36)10-19)39-34(42)47-31-21-4-3-20-12-29(31)46-32(20)45-17-21/h7-10,13-14,18,20-21,24,27-29,31-32,41H,3-6,11-12,15-17H2,1-2H3,(H,37,38)(H,39,42)/t20?,21?,27-,28+,29?,31?,32?/m0/s1. The number of thiazole rings is 1. The number of halogens is 2. The molecule has 1 amide bonds. The lowest BCUT2D eigenvalue weighted by Crippen LogP contribution is -2.52. The van der Waals surface area contributed by atoms with E-state index in [0.717, 1.165) is 49.0 Å². The van der Waals surface area contributed by atoms with Gasteiger partial charge in [-0.3, -0.25) is 0 Å². The smallest absolute Gasteiger partial charge is 0.407 e. The molecule has 3 saturated heterocycles. The zero-order valence-corrected chi connectivity index (χ0v) is 29.0. The Kier molecular flexibility index (Phi) is 9.85. The van der Waals surface area contributed by atoms with E-state index in [1.54, 1.807) is 12.1 Å². The predicted molar refractivity (Wildman–Crippen MR) is 179 cm³/mol. The Balaban J connectivity index is 1.12. The number of hydrogen-bond donors (Lipinski definition) is 3. The van der Waals surface area contributed by atoms with E-state index in [9.17, 15) is 27.1 Å². The summed E-state index contributed by atoms with van der Waals surface area (Å²) in [7, 11) is -4.13. The molecule has 5 unspecified atom stereocenters. The Morgan fingerprint density at radius 3 is 2.59 bits per heavy atom. The minimum atomic E-state index is -4.13. The summed E-state index contributed by atoms with van der Waals surface area (Å²) in [6.45, 7) is 3.80. The Morgan fingerprint density at radius 2 is 1.86 bits per heavy atom. The molecule has 11 nitrogen and oxygen atoms in total. The summed E-state index contributed by atoms with van der Waals surface area (Å²) < 4.78 is 76.4. The number of hydrogen-bond acceptors (Lipinski definition) is 10. The highest BCUT2D eigenvalue weighted by Gasteiger charge is 2.50. The minimum absolute atomic E-state index is 0.0471. The number of benzene rings is 2. The van der Waals surface area contributed by atoms with Gasteiger partial charge in [0.05, 0.1) is 40.0 Å². The summed E-state index contributed by atoms with van der Waals surface area (Å²) >= 11 is 1.38. The van der Waals surface area contributed by atoms with Gasteiger partial charge in [-0.1, -0.05) is 25.2 Å². The summed E-state index contributed by atoms with van der Waals surface area (Å²) in [6.07, 6.45) is 0.896. The molecule has 0 radical (unpaired) electrons. The first-order chi connectivity index (χ1) is 23.4. The molecule has 266 valence electrons. The average Bonchev–Trinajstić information content (AvgIpc) is 3.73. The van der Waals surface area contributed by atoms with Gasteiger partial charge in [0.2, 0.25) is 10.0 Å². The quantitative estimate of drug-likeness (QED) is 0.222. The van der Waals surface area contributed by atoms with Gasteiger partial charge in [0.15, 0.2) is 11.4 Å². The molecular weight excluding hydrogens is 679 g/mol. The third-order valence-electron chi connectivity index (χ3n) is 9.69. The van der Waals surface area contributed by atoms with Crippen molar-refractivity contribution in [1.82, 2.24) is 14.6 Å². The zero-order valence-electron chi connectivity index (χ0n) is 27.4. The highest BCUT2D eigenvalue weighted by Crippen LogP contribution is 2.44. The molecule has 2 aliphatic carbocycles. The van der Waals surface area contributed by atoms with Gasteiger partial charge in [0, 0.05) is 37.0 Å². The molecule has 15 heteroatoms. The Labute approximate surface area is 288 Å². The van der Waals surface area contributed by atoms with E-state index in [1.807, 2.05) is 13.8 Å². The number of aliphatic hydroxyl groups is 1. The van der Waals surface area contributed by atoms with E-state index in [-0.39, 0.29) is 53.6 Å². The first-order valence-corrected chi connectivity index (χ1v) is 19.2. The molecule has 4 heterocycles. The van der Waals surface area contributed by atoms with Crippen LogP contribution in [0.5, 0.6) is 0 Å². The van der Waals surface area contributed by atoms with Crippen LogP contribution in [0, 0.1) is 29.4 Å². The summed E-state index contributed by atoms with van der Waals surface area (Å²) in [4.78, 5) is 18.1. The number of ether oxygens (including phenoxy) is 3. The van der Waals surface area contributed by atoms with Crippen molar-refractivity contribution in [1.29, 1.82) is 0 Å². The van der Waals surface area contributed by atoms with Gasteiger partial charge in [-0.2, -0.15) is 4.31 Å². The van der Waals surface area contributed by atoms with Crippen molar-refractivity contribution in [3.8, 4) is 0 Å². The van der Waals surface area contributed by atoms with E-state index in [2.05, 4.69) is 15.6 Å². The third-order valence-corrected chi connectivity index (χ3v) is 12.5. The van der Waals surface area contributed by atoms with Crippen LogP contribution in [-0.2, 0) is 30.7 Å². The van der Waals surface area contributed by atoms with Gasteiger partial charge in [-0.25, -0.2) is 27.0 Å². The topological polar surface area (TPSA) is 139 Å². The lowest BCUT2D eigenvalue weighted by molar-refractivity contribution is -0.139. The first-order valence-electron chi connectivity index (χ1n) is 17.0. The van der Waals surface area contributed by atoms with Crippen molar-refractivity contribution < 1.29 is 41.3 Å². The molecule has 49 heavy (non-hydrogen) atoms. The highest BCUT2D eigenvalue weighted by atomic mass is 32.2. The van der Waals surface area contributed by atoms with Crippen LogP contribution >= 0.6 is 11.3 Å². The lowest BCUT2D eigenvalue weighted by atomic mass is 9.96. The van der Waals surface area contributed by atoms with E-state index >= 15 is 0 Å². The van der Waals surface area contributed by atoms with Gasteiger partial charge in [-0.15, -0.1) is 0 Å². The molecule has 5 aliphatic rings. The molecule has 7 atom stereocenters. The second-order valence-electron chi connectivity index (χ2n) is 14.2. The molecule has 1 aromatic heterocycles. The summed E-state index contributed by atoms with van der Waals surface area (Å²) in [5.74, 6) is -1.55. The number of alkyl carbamates (subject to hydrolysis) is 1. The Morgan fingerprint density at radius 1 is 1.10 bits per heavy atom. The maximum atomic E-state index is 14.2. The number of carbonyl (C=O) groups is 1. The first kappa shape index (κ1) is 34.5. The monoisotopic (exact) mass is 720 g/mol. The maximum Gasteiger partial charge on any atom is 0.407 e. The van der Waals surface area contributed by atoms with Gasteiger partial charge in [0.25, 0.3) is 0 Å². The number of carbonyl (C=O) groups excluding carboxylic acids is 1. The van der Waals surface area contributed by atoms with Crippen molar-refractivity contribution in [2.24, 2.45) is 17.8 Å². The predicted octanol–water partition coefficient (Wildman–Crippen LogP) is 5.03. The number of sulfonamides is 1. The number of anilines is 1. The van der Waals surface area contributed by atoms with E-state index < -0.39 is 52.5 Å². The second-order valence-corrected chi connectivity index (χ2v) is 17.1. The maximum absolute atomic E-state index is 14.2. The number of nitrogens with zero attached hydrogens (tertiary/aromatic N) is 2. The molecule has 5 fully saturated rings. The molecule has 2 saturated carbocycles. The minimum Gasteiger partial charge on any atom is -0.443 e. The summed E-state index contributed by atoms with van der Waals surface area (Å²) in [5, 5.41) is 18.4. The number of amides is 1. The zero-order chi connectivity index (χ0) is 34.4. The van der Waals surface area contributed by atoms with Crippen LogP contribution in [0.1, 0.15) is 51.5 Å². The lowest BCUT2D eigenvalue weighted by Gasteiger charge is -2.32. The number of aliphatic hydroxyl groups excluding tert-OH is 1. The van der Waals surface area contributed by atoms with E-state index in [0.29, 0.717) is 29.3 Å². The fourth-order valence-corrected chi connectivity index (χ4v) is 9.83. The van der Waals surface area contributed by atoms with Gasteiger partial charge in [0.1, 0.15) is 17.7 Å². The van der Waals surface area contributed by atoms with Crippen LogP contribution in [0.25, 0.3) is 10.2 Å². The number of fused-ring (bicyclic) bond motifs is 3. The number of aromatic nitrogens is 1. The molecular formula is C34H42F2N4O7S2. The molecule has 0 spiro atoms. The molecule has 2 aromatic carbocycles. The van der Waals surface area contributed by atoms with Crippen molar-refractivity contribution in [2.45, 2.75) is 94.0 Å². The molecule has 3 aromatic rings. The summed E-state index contributed by atoms with van der Waals surface area (Å²) in [6, 6.07) is 6.95. The van der Waals surface area contributed by atoms with Crippen molar-refractivity contribution in [2.75, 3.05) is 25.0 Å². The van der Waals surface area contributed by atoms with E-state index in [1.165, 1.54) is 21.7 Å². The van der Waals surface area contributed by atoms with E-state index in [4.69, 9.17) is 14.2 Å². The van der Waals surface area contributed by atoms with Crippen LogP contribution in [0.4, 0.5) is 18.7 Å². The Hall–Kier alpha value is -2.95. The van der Waals surface area contributed by atoms with Crippen LogP contribution in [0.15, 0.2) is 41.3 Å². The molecule has 4 bridgehead atoms. The van der Waals surface area contributed by atoms with Crippen molar-refractivity contribution in [3.63, 3.8) is 0 Å². The van der Waals surface area contributed by atoms with Crippen molar-refractivity contribution >= 4 is 42.8 Å². The van der Waals surface area contributed by atoms with Crippen LogP contribution in [0.2, 0.25) is 0 Å². The van der Waals surface area contributed by atoms with Crippen LogP contribution in [-0.4, -0.2) is 85.3 Å². The van der Waals surface area contributed by atoms with Gasteiger partial charge < -0.3 is 30.0 Å². The van der Waals surface area contributed by atoms with Crippen LogP contribution < -0.4 is 10.6 Å².